The number of nitrogens with one attached hydrogen (secondary N) is 1. The Morgan fingerprint density at radius 2 is 1.78 bits per heavy atom. The van der Waals surface area contributed by atoms with Gasteiger partial charge in [-0.05, 0) is 49.0 Å². The molecule has 0 bridgehead atoms. The highest BCUT2D eigenvalue weighted by Gasteiger charge is 2.18. The van der Waals surface area contributed by atoms with Crippen LogP contribution in [0.15, 0.2) is 42.5 Å². The Labute approximate surface area is 169 Å². The van der Waals surface area contributed by atoms with Crippen LogP contribution in [0.2, 0.25) is 10.0 Å². The number of nitrogens with zero attached hydrogens (tertiary/aromatic N) is 2. The van der Waals surface area contributed by atoms with E-state index in [4.69, 9.17) is 27.9 Å². The monoisotopic (exact) mass is 407 g/mol. The van der Waals surface area contributed by atoms with Gasteiger partial charge < -0.3 is 19.9 Å². The summed E-state index contributed by atoms with van der Waals surface area (Å²) in [6.45, 7) is 7.14. The Balaban J connectivity index is 1.54. The van der Waals surface area contributed by atoms with Gasteiger partial charge in [-0.15, -0.1) is 0 Å². The fourth-order valence-electron chi connectivity index (χ4n) is 3.02. The third-order valence-electron chi connectivity index (χ3n) is 4.58. The molecule has 0 radical (unpaired) electrons. The zero-order valence-electron chi connectivity index (χ0n) is 15.3. The first-order valence-electron chi connectivity index (χ1n) is 9.00. The van der Waals surface area contributed by atoms with Crippen molar-refractivity contribution in [2.24, 2.45) is 0 Å². The summed E-state index contributed by atoms with van der Waals surface area (Å²) in [5, 5.41) is 4.07. The standard InChI is InChI=1S/C20H23Cl2N3O2/c1-2-24-9-11-25(12-10-24)19-8-5-16(13-18(19)22)23-20(26)14-27-17-6-3-15(21)4-7-17/h3-8,13H,2,9-12,14H2,1H3,(H,23,26). The molecule has 1 amide bonds. The zero-order valence-corrected chi connectivity index (χ0v) is 16.8. The number of benzene rings is 2. The maximum atomic E-state index is 12.1. The number of piperazine rings is 1. The third kappa shape index (κ3) is 5.51. The van der Waals surface area contributed by atoms with E-state index < -0.39 is 0 Å². The molecule has 1 aliphatic heterocycles. The van der Waals surface area contributed by atoms with Crippen molar-refractivity contribution in [3.05, 3.63) is 52.5 Å². The zero-order chi connectivity index (χ0) is 19.2. The maximum absolute atomic E-state index is 12.1. The fraction of sp³-hybridized carbons (Fsp3) is 0.350. The van der Waals surface area contributed by atoms with Crippen molar-refractivity contribution in [2.45, 2.75) is 6.92 Å². The average molecular weight is 408 g/mol. The first-order chi connectivity index (χ1) is 13.0. The van der Waals surface area contributed by atoms with Gasteiger partial charge in [0.1, 0.15) is 5.75 Å². The predicted molar refractivity (Wildman–Crippen MR) is 111 cm³/mol. The van der Waals surface area contributed by atoms with Crippen molar-refractivity contribution in [2.75, 3.05) is 49.5 Å². The first kappa shape index (κ1) is 19.8. The van der Waals surface area contributed by atoms with Crippen LogP contribution in [0.4, 0.5) is 11.4 Å². The molecule has 1 N–H and O–H groups in total. The lowest BCUT2D eigenvalue weighted by Crippen LogP contribution is -2.46. The second-order valence-electron chi connectivity index (χ2n) is 6.38. The minimum absolute atomic E-state index is 0.0834. The van der Waals surface area contributed by atoms with Crippen LogP contribution in [0.1, 0.15) is 6.92 Å². The summed E-state index contributed by atoms with van der Waals surface area (Å²) in [7, 11) is 0. The molecule has 1 aliphatic rings. The van der Waals surface area contributed by atoms with E-state index in [1.54, 1.807) is 30.3 Å². The SMILES string of the molecule is CCN1CCN(c2ccc(NC(=O)COc3ccc(Cl)cc3)cc2Cl)CC1. The van der Waals surface area contributed by atoms with Crippen LogP contribution in [-0.2, 0) is 4.79 Å². The number of hydrogen-bond donors (Lipinski definition) is 1. The number of amides is 1. The molecule has 1 saturated heterocycles. The van der Waals surface area contributed by atoms with Gasteiger partial charge in [-0.25, -0.2) is 0 Å². The molecule has 27 heavy (non-hydrogen) atoms. The Morgan fingerprint density at radius 3 is 2.41 bits per heavy atom. The number of hydrogen-bond acceptors (Lipinski definition) is 4. The maximum Gasteiger partial charge on any atom is 0.262 e. The van der Waals surface area contributed by atoms with Crippen LogP contribution in [0, 0.1) is 0 Å². The molecular weight excluding hydrogens is 385 g/mol. The predicted octanol–water partition coefficient (Wildman–Crippen LogP) is 4.15. The summed E-state index contributed by atoms with van der Waals surface area (Å²) in [6, 6.07) is 12.5. The summed E-state index contributed by atoms with van der Waals surface area (Å²) < 4.78 is 5.45. The van der Waals surface area contributed by atoms with Gasteiger partial charge in [0.25, 0.3) is 5.91 Å². The van der Waals surface area contributed by atoms with Crippen LogP contribution in [0.3, 0.4) is 0 Å². The summed E-state index contributed by atoms with van der Waals surface area (Å²) in [5.74, 6) is 0.347. The van der Waals surface area contributed by atoms with Gasteiger partial charge in [0.05, 0.1) is 10.7 Å². The molecular formula is C20H23Cl2N3O2. The highest BCUT2D eigenvalue weighted by Crippen LogP contribution is 2.29. The molecule has 1 heterocycles. The number of halogens is 2. The van der Waals surface area contributed by atoms with Crippen LogP contribution >= 0.6 is 23.2 Å². The van der Waals surface area contributed by atoms with Crippen molar-refractivity contribution in [1.82, 2.24) is 4.90 Å². The normalized spacial score (nSPS) is 14.9. The van der Waals surface area contributed by atoms with Gasteiger partial charge in [-0.3, -0.25) is 4.79 Å². The lowest BCUT2D eigenvalue weighted by molar-refractivity contribution is -0.118. The Hall–Kier alpha value is -1.95. The smallest absolute Gasteiger partial charge is 0.262 e. The lowest BCUT2D eigenvalue weighted by Gasteiger charge is -2.36. The number of carbonyl (C=O) groups excluding carboxylic acids is 1. The quantitative estimate of drug-likeness (QED) is 0.780. The number of rotatable bonds is 6. The van der Waals surface area contributed by atoms with Crippen molar-refractivity contribution < 1.29 is 9.53 Å². The van der Waals surface area contributed by atoms with Crippen LogP contribution < -0.4 is 15.0 Å². The molecule has 3 rings (SSSR count). The Morgan fingerprint density at radius 1 is 1.07 bits per heavy atom. The van der Waals surface area contributed by atoms with Crippen LogP contribution in [0.25, 0.3) is 0 Å². The van der Waals surface area contributed by atoms with E-state index in [1.165, 1.54) is 0 Å². The van der Waals surface area contributed by atoms with Crippen molar-refractivity contribution in [3.63, 3.8) is 0 Å². The van der Waals surface area contributed by atoms with Crippen molar-refractivity contribution in [3.8, 4) is 5.75 Å². The summed E-state index contributed by atoms with van der Waals surface area (Å²) in [4.78, 5) is 16.8. The van der Waals surface area contributed by atoms with Gasteiger partial charge in [0.2, 0.25) is 0 Å². The summed E-state index contributed by atoms with van der Waals surface area (Å²) in [6.07, 6.45) is 0. The van der Waals surface area contributed by atoms with E-state index in [-0.39, 0.29) is 12.5 Å². The van der Waals surface area contributed by atoms with Crippen LogP contribution in [0.5, 0.6) is 5.75 Å². The summed E-state index contributed by atoms with van der Waals surface area (Å²) >= 11 is 12.3. The van der Waals surface area contributed by atoms with Gasteiger partial charge in [0.15, 0.2) is 6.61 Å². The molecule has 0 aromatic heterocycles. The van der Waals surface area contributed by atoms with E-state index in [0.29, 0.717) is 21.5 Å². The molecule has 7 heteroatoms. The molecule has 1 fully saturated rings. The van der Waals surface area contributed by atoms with Gasteiger partial charge in [0, 0.05) is 36.9 Å². The second-order valence-corrected chi connectivity index (χ2v) is 7.22. The summed E-state index contributed by atoms with van der Waals surface area (Å²) in [5.41, 5.74) is 1.66. The molecule has 0 atom stereocenters. The van der Waals surface area contributed by atoms with Gasteiger partial charge in [-0.1, -0.05) is 30.1 Å². The molecule has 2 aromatic carbocycles. The topological polar surface area (TPSA) is 44.8 Å². The first-order valence-corrected chi connectivity index (χ1v) is 9.76. The van der Waals surface area contributed by atoms with Crippen LogP contribution in [-0.4, -0.2) is 50.1 Å². The Kier molecular flexibility index (Phi) is 6.83. The largest absolute Gasteiger partial charge is 0.484 e. The molecule has 2 aromatic rings. The number of likely N-dealkylation sites (N-methyl/N-ethyl adjacent to an activating group) is 1. The highest BCUT2D eigenvalue weighted by atomic mass is 35.5. The van der Waals surface area contributed by atoms with E-state index in [1.807, 2.05) is 12.1 Å². The number of carbonyl (C=O) groups is 1. The number of ether oxygens (including phenoxy) is 1. The van der Waals surface area contributed by atoms with Gasteiger partial charge >= 0.3 is 0 Å². The molecule has 0 aliphatic carbocycles. The van der Waals surface area contributed by atoms with Gasteiger partial charge in [-0.2, -0.15) is 0 Å². The highest BCUT2D eigenvalue weighted by molar-refractivity contribution is 6.33. The Bertz CT molecular complexity index is 775. The molecule has 0 unspecified atom stereocenters. The van der Waals surface area contributed by atoms with E-state index >= 15 is 0 Å². The van der Waals surface area contributed by atoms with Crippen molar-refractivity contribution >= 4 is 40.5 Å². The molecule has 0 saturated carbocycles. The lowest BCUT2D eigenvalue weighted by atomic mass is 10.2. The minimum atomic E-state index is -0.245. The average Bonchev–Trinajstić information content (AvgIpc) is 2.68. The van der Waals surface area contributed by atoms with E-state index in [0.717, 1.165) is 38.4 Å². The van der Waals surface area contributed by atoms with E-state index in [9.17, 15) is 4.79 Å². The fourth-order valence-corrected chi connectivity index (χ4v) is 3.45. The second kappa shape index (κ2) is 9.31. The van der Waals surface area contributed by atoms with E-state index in [2.05, 4.69) is 22.0 Å². The molecule has 5 nitrogen and oxygen atoms in total. The molecule has 144 valence electrons. The molecule has 0 spiro atoms. The minimum Gasteiger partial charge on any atom is -0.484 e. The number of anilines is 2. The van der Waals surface area contributed by atoms with Crippen molar-refractivity contribution in [1.29, 1.82) is 0 Å². The third-order valence-corrected chi connectivity index (χ3v) is 5.13.